The summed E-state index contributed by atoms with van der Waals surface area (Å²) in [6.45, 7) is 0.279. The first kappa shape index (κ1) is 10.9. The maximum absolute atomic E-state index is 11.6. The van der Waals surface area contributed by atoms with Gasteiger partial charge in [-0.1, -0.05) is 11.6 Å². The van der Waals surface area contributed by atoms with Crippen LogP contribution >= 0.6 is 11.6 Å². The Hall–Kier alpha value is -1.62. The van der Waals surface area contributed by atoms with Crippen molar-refractivity contribution in [2.24, 2.45) is 11.7 Å². The Balaban J connectivity index is 2.23. The quantitative estimate of drug-likeness (QED) is 0.820. The lowest BCUT2D eigenvalue weighted by atomic mass is 10.1. The molecule has 84 valence electrons. The van der Waals surface area contributed by atoms with E-state index in [0.717, 1.165) is 0 Å². The number of amides is 2. The Bertz CT molecular complexity index is 449. The van der Waals surface area contributed by atoms with E-state index in [1.807, 2.05) is 0 Å². The van der Waals surface area contributed by atoms with E-state index < -0.39 is 11.8 Å². The van der Waals surface area contributed by atoms with Crippen molar-refractivity contribution in [3.63, 3.8) is 0 Å². The summed E-state index contributed by atoms with van der Waals surface area (Å²) in [5.74, 6) is -0.592. The van der Waals surface area contributed by atoms with Crippen molar-refractivity contribution in [1.82, 2.24) is 4.98 Å². The number of hydrogen-bond donors (Lipinski definition) is 1. The van der Waals surface area contributed by atoms with Crippen LogP contribution in [0.1, 0.15) is 6.42 Å². The third-order valence-corrected chi connectivity index (χ3v) is 2.75. The van der Waals surface area contributed by atoms with E-state index in [1.165, 1.54) is 11.1 Å². The van der Waals surface area contributed by atoms with Crippen molar-refractivity contribution in [3.8, 4) is 0 Å². The molecule has 0 aliphatic carbocycles. The second kappa shape index (κ2) is 4.09. The summed E-state index contributed by atoms with van der Waals surface area (Å²) in [5, 5.41) is 0.500. The number of nitrogens with zero attached hydrogens (tertiary/aromatic N) is 2. The number of halogens is 1. The largest absolute Gasteiger partial charge is 0.369 e. The first-order valence-corrected chi connectivity index (χ1v) is 5.17. The Kier molecular flexibility index (Phi) is 2.78. The Morgan fingerprint density at radius 1 is 1.62 bits per heavy atom. The minimum absolute atomic E-state index is 0.142. The number of hydrogen-bond acceptors (Lipinski definition) is 3. The normalized spacial score (nSPS) is 20.2. The molecule has 0 aromatic carbocycles. The molecule has 1 aromatic rings. The van der Waals surface area contributed by atoms with E-state index in [4.69, 9.17) is 17.3 Å². The molecule has 5 nitrogen and oxygen atoms in total. The zero-order valence-corrected chi connectivity index (χ0v) is 9.15. The fraction of sp³-hybridized carbons (Fsp3) is 0.300. The third-order valence-electron chi connectivity index (χ3n) is 2.51. The topological polar surface area (TPSA) is 76.3 Å². The molecule has 1 aliphatic heterocycles. The molecule has 6 heteroatoms. The van der Waals surface area contributed by atoms with Gasteiger partial charge in [0.2, 0.25) is 11.8 Å². The minimum Gasteiger partial charge on any atom is -0.369 e. The Morgan fingerprint density at radius 2 is 2.38 bits per heavy atom. The van der Waals surface area contributed by atoms with Crippen LogP contribution < -0.4 is 10.6 Å². The van der Waals surface area contributed by atoms with Gasteiger partial charge in [0.05, 0.1) is 5.92 Å². The number of carbonyl (C=O) groups excluding carboxylic acids is 2. The second-order valence-electron chi connectivity index (χ2n) is 3.64. The second-order valence-corrected chi connectivity index (χ2v) is 4.08. The molecule has 0 radical (unpaired) electrons. The summed E-state index contributed by atoms with van der Waals surface area (Å²) in [7, 11) is 0. The molecule has 0 bridgehead atoms. The average Bonchev–Trinajstić information content (AvgIpc) is 2.60. The molecule has 2 N–H and O–H groups in total. The van der Waals surface area contributed by atoms with Crippen LogP contribution in [-0.2, 0) is 9.59 Å². The predicted octanol–water partition coefficient (Wildman–Crippen LogP) is 0.573. The van der Waals surface area contributed by atoms with Gasteiger partial charge in [-0.05, 0) is 12.1 Å². The zero-order chi connectivity index (χ0) is 11.7. The van der Waals surface area contributed by atoms with E-state index in [0.29, 0.717) is 10.8 Å². The summed E-state index contributed by atoms with van der Waals surface area (Å²) in [6, 6.07) is 3.21. The smallest absolute Gasteiger partial charge is 0.229 e. The number of primary amides is 1. The van der Waals surface area contributed by atoms with Crippen LogP contribution in [0.5, 0.6) is 0 Å². The van der Waals surface area contributed by atoms with Crippen molar-refractivity contribution >= 4 is 29.2 Å². The van der Waals surface area contributed by atoms with Crippen LogP contribution in [-0.4, -0.2) is 23.3 Å². The number of rotatable bonds is 2. The molecule has 1 fully saturated rings. The Morgan fingerprint density at radius 3 is 2.94 bits per heavy atom. The predicted molar refractivity (Wildman–Crippen MR) is 58.9 cm³/mol. The van der Waals surface area contributed by atoms with Gasteiger partial charge in [-0.2, -0.15) is 0 Å². The van der Waals surface area contributed by atoms with Gasteiger partial charge in [0.1, 0.15) is 5.82 Å². The van der Waals surface area contributed by atoms with Gasteiger partial charge >= 0.3 is 0 Å². The summed E-state index contributed by atoms with van der Waals surface area (Å²) < 4.78 is 0. The monoisotopic (exact) mass is 239 g/mol. The number of aromatic nitrogens is 1. The van der Waals surface area contributed by atoms with Gasteiger partial charge in [0, 0.05) is 24.2 Å². The van der Waals surface area contributed by atoms with Crippen molar-refractivity contribution < 1.29 is 9.59 Å². The lowest BCUT2D eigenvalue weighted by molar-refractivity contribution is -0.123. The number of anilines is 1. The molecule has 2 heterocycles. The molecule has 1 saturated heterocycles. The van der Waals surface area contributed by atoms with Crippen LogP contribution in [0.2, 0.25) is 5.02 Å². The molecule has 0 spiro atoms. The van der Waals surface area contributed by atoms with E-state index >= 15 is 0 Å². The first-order valence-electron chi connectivity index (χ1n) is 4.79. The lowest BCUT2D eigenvalue weighted by Crippen LogP contribution is -2.28. The van der Waals surface area contributed by atoms with Crippen molar-refractivity contribution in [2.45, 2.75) is 6.42 Å². The van der Waals surface area contributed by atoms with E-state index in [2.05, 4.69) is 4.98 Å². The highest BCUT2D eigenvalue weighted by atomic mass is 35.5. The molecule has 1 unspecified atom stereocenters. The Labute approximate surface area is 97.2 Å². The van der Waals surface area contributed by atoms with Crippen molar-refractivity contribution in [3.05, 3.63) is 23.4 Å². The van der Waals surface area contributed by atoms with E-state index in [1.54, 1.807) is 12.1 Å². The highest BCUT2D eigenvalue weighted by Gasteiger charge is 2.34. The van der Waals surface area contributed by atoms with Crippen LogP contribution in [0.4, 0.5) is 5.82 Å². The molecule has 2 amide bonds. The van der Waals surface area contributed by atoms with Gasteiger partial charge in [-0.25, -0.2) is 4.98 Å². The summed E-state index contributed by atoms with van der Waals surface area (Å²) in [5.41, 5.74) is 5.17. The summed E-state index contributed by atoms with van der Waals surface area (Å²) in [4.78, 5) is 28.1. The molecule has 1 aliphatic rings. The van der Waals surface area contributed by atoms with Crippen molar-refractivity contribution in [1.29, 1.82) is 0 Å². The van der Waals surface area contributed by atoms with Gasteiger partial charge in [-0.3, -0.25) is 14.5 Å². The molecule has 2 rings (SSSR count). The molecule has 0 saturated carbocycles. The number of carbonyl (C=O) groups is 2. The van der Waals surface area contributed by atoms with Crippen molar-refractivity contribution in [2.75, 3.05) is 11.4 Å². The fourth-order valence-electron chi connectivity index (χ4n) is 1.66. The molecule has 1 aromatic heterocycles. The highest BCUT2D eigenvalue weighted by Crippen LogP contribution is 2.24. The molecule has 16 heavy (non-hydrogen) atoms. The van der Waals surface area contributed by atoms with Crippen LogP contribution in [0, 0.1) is 5.92 Å². The van der Waals surface area contributed by atoms with Crippen LogP contribution in [0.3, 0.4) is 0 Å². The highest BCUT2D eigenvalue weighted by molar-refractivity contribution is 6.30. The van der Waals surface area contributed by atoms with Gasteiger partial charge in [0.25, 0.3) is 0 Å². The summed E-state index contributed by atoms with van der Waals surface area (Å²) in [6.07, 6.45) is 1.66. The van der Waals surface area contributed by atoms with Gasteiger partial charge in [0.15, 0.2) is 0 Å². The third kappa shape index (κ3) is 1.99. The van der Waals surface area contributed by atoms with Crippen LogP contribution in [0.15, 0.2) is 18.3 Å². The van der Waals surface area contributed by atoms with Gasteiger partial charge in [-0.15, -0.1) is 0 Å². The van der Waals surface area contributed by atoms with E-state index in [9.17, 15) is 9.59 Å². The maximum atomic E-state index is 11.6. The molecule has 1 atom stereocenters. The zero-order valence-electron chi connectivity index (χ0n) is 8.39. The molecular weight excluding hydrogens is 230 g/mol. The van der Waals surface area contributed by atoms with Crippen LogP contribution in [0.25, 0.3) is 0 Å². The average molecular weight is 240 g/mol. The lowest BCUT2D eigenvalue weighted by Gasteiger charge is -2.14. The SMILES string of the molecule is NC(=O)C1CC(=O)N(c2cc(Cl)ccn2)C1. The number of pyridine rings is 1. The molecular formula is C10H10ClN3O2. The first-order chi connectivity index (χ1) is 7.58. The summed E-state index contributed by atoms with van der Waals surface area (Å²) >= 11 is 5.80. The van der Waals surface area contributed by atoms with E-state index in [-0.39, 0.29) is 18.9 Å². The number of nitrogens with two attached hydrogens (primary N) is 1. The van der Waals surface area contributed by atoms with Gasteiger partial charge < -0.3 is 5.73 Å². The fourth-order valence-corrected chi connectivity index (χ4v) is 1.81. The maximum Gasteiger partial charge on any atom is 0.229 e. The minimum atomic E-state index is -0.460. The standard InChI is InChI=1S/C10H10ClN3O2/c11-7-1-2-13-8(4-7)14-5-6(10(12)16)3-9(14)15/h1-2,4,6H,3,5H2,(H2,12,16).